The van der Waals surface area contributed by atoms with E-state index < -0.39 is 6.10 Å². The maximum absolute atomic E-state index is 10.2. The Hall–Kier alpha value is -2.12. The topological polar surface area (TPSA) is 81.4 Å². The molecule has 112 valence electrons. The van der Waals surface area contributed by atoms with Gasteiger partial charge in [-0.25, -0.2) is 0 Å². The van der Waals surface area contributed by atoms with E-state index in [4.69, 9.17) is 9.47 Å². The number of aryl methyl sites for hydroxylation is 1. The van der Waals surface area contributed by atoms with E-state index in [1.807, 2.05) is 29.7 Å². The summed E-state index contributed by atoms with van der Waals surface area (Å²) >= 11 is 0. The number of hydrogen-bond donors (Lipinski definition) is 2. The molecule has 2 heterocycles. The normalized spacial score (nSPS) is 14.4. The molecule has 2 N–H and O–H groups in total. The van der Waals surface area contributed by atoms with Gasteiger partial charge in [-0.1, -0.05) is 6.07 Å². The second-order valence-electron chi connectivity index (χ2n) is 4.79. The lowest BCUT2D eigenvalue weighted by Crippen LogP contribution is -2.23. The Kier molecular flexibility index (Phi) is 4.03. The van der Waals surface area contributed by atoms with Crippen LogP contribution in [0.15, 0.2) is 24.5 Å². The van der Waals surface area contributed by atoms with Gasteiger partial charge in [-0.15, -0.1) is 10.2 Å². The summed E-state index contributed by atoms with van der Waals surface area (Å²) in [6.07, 6.45) is 1.09. The van der Waals surface area contributed by atoms with Gasteiger partial charge >= 0.3 is 0 Å². The van der Waals surface area contributed by atoms with Crippen molar-refractivity contribution in [1.82, 2.24) is 20.1 Å². The number of aromatic nitrogens is 3. The molecule has 7 nitrogen and oxygen atoms in total. The fourth-order valence-corrected chi connectivity index (χ4v) is 2.24. The Labute approximate surface area is 122 Å². The highest BCUT2D eigenvalue weighted by molar-refractivity contribution is 5.45. The van der Waals surface area contributed by atoms with Crippen LogP contribution in [0.25, 0.3) is 0 Å². The predicted octanol–water partition coefficient (Wildman–Crippen LogP) is 0.850. The zero-order chi connectivity index (χ0) is 14.7. The summed E-state index contributed by atoms with van der Waals surface area (Å²) in [5.41, 5.74) is 0.795. The molecule has 0 spiro atoms. The van der Waals surface area contributed by atoms with Gasteiger partial charge in [0.15, 0.2) is 11.5 Å². The van der Waals surface area contributed by atoms with Crippen LogP contribution in [-0.4, -0.2) is 33.2 Å². The van der Waals surface area contributed by atoms with E-state index in [0.717, 1.165) is 23.7 Å². The summed E-state index contributed by atoms with van der Waals surface area (Å²) in [4.78, 5) is 0. The first kappa shape index (κ1) is 13.8. The molecule has 0 saturated carbocycles. The average molecular weight is 290 g/mol. The highest BCUT2D eigenvalue weighted by Gasteiger charge is 2.16. The van der Waals surface area contributed by atoms with Crippen LogP contribution in [0.2, 0.25) is 0 Å². The van der Waals surface area contributed by atoms with Crippen molar-refractivity contribution in [3.63, 3.8) is 0 Å². The Morgan fingerprint density at radius 3 is 3.10 bits per heavy atom. The van der Waals surface area contributed by atoms with Gasteiger partial charge in [0.2, 0.25) is 6.79 Å². The molecule has 0 radical (unpaired) electrons. The van der Waals surface area contributed by atoms with Gasteiger partial charge in [0.05, 0.1) is 12.6 Å². The molecule has 0 saturated heterocycles. The number of nitrogens with one attached hydrogen (secondary N) is 1. The minimum Gasteiger partial charge on any atom is -0.454 e. The van der Waals surface area contributed by atoms with E-state index in [0.29, 0.717) is 18.8 Å². The lowest BCUT2D eigenvalue weighted by Gasteiger charge is -2.12. The number of aliphatic hydroxyl groups excluding tert-OH is 1. The summed E-state index contributed by atoms with van der Waals surface area (Å²) in [5, 5.41) is 21.3. The van der Waals surface area contributed by atoms with Crippen LogP contribution in [0, 0.1) is 0 Å². The second kappa shape index (κ2) is 6.11. The van der Waals surface area contributed by atoms with Crippen LogP contribution < -0.4 is 14.8 Å². The molecule has 0 fully saturated rings. The van der Waals surface area contributed by atoms with E-state index in [1.165, 1.54) is 0 Å². The van der Waals surface area contributed by atoms with Gasteiger partial charge in [0.1, 0.15) is 12.2 Å². The first-order valence-corrected chi connectivity index (χ1v) is 6.93. The van der Waals surface area contributed by atoms with Crippen molar-refractivity contribution in [2.75, 3.05) is 13.3 Å². The van der Waals surface area contributed by atoms with Crippen LogP contribution >= 0.6 is 0 Å². The third-order valence-electron chi connectivity index (χ3n) is 3.44. The van der Waals surface area contributed by atoms with Crippen LogP contribution in [0.1, 0.15) is 24.4 Å². The molecule has 1 atom stereocenters. The lowest BCUT2D eigenvalue weighted by molar-refractivity contribution is 0.170. The van der Waals surface area contributed by atoms with E-state index in [-0.39, 0.29) is 6.79 Å². The number of rotatable bonds is 6. The number of ether oxygens (including phenoxy) is 2. The van der Waals surface area contributed by atoms with E-state index in [9.17, 15) is 5.11 Å². The molecule has 1 aliphatic rings. The highest BCUT2D eigenvalue weighted by Crippen LogP contribution is 2.34. The standard InChI is InChI=1S/C14H18N4O3/c1-2-18-8-16-17-14(18)7-15-6-11(19)10-3-4-12-13(5-10)21-9-20-12/h3-5,8,11,15,19H,2,6-7,9H2,1H3. The number of benzene rings is 1. The molecule has 1 aromatic carbocycles. The van der Waals surface area contributed by atoms with Crippen molar-refractivity contribution in [2.45, 2.75) is 26.1 Å². The summed E-state index contributed by atoms with van der Waals surface area (Å²) in [7, 11) is 0. The molecule has 1 aliphatic heterocycles. The molecule has 7 heteroatoms. The van der Waals surface area contributed by atoms with E-state index in [1.54, 1.807) is 6.33 Å². The van der Waals surface area contributed by atoms with Gasteiger partial charge in [-0.3, -0.25) is 0 Å². The van der Waals surface area contributed by atoms with Gasteiger partial charge in [0.25, 0.3) is 0 Å². The Morgan fingerprint density at radius 2 is 2.24 bits per heavy atom. The molecule has 0 aliphatic carbocycles. The van der Waals surface area contributed by atoms with Gasteiger partial charge in [-0.05, 0) is 24.6 Å². The SMILES string of the molecule is CCn1cnnc1CNCC(O)c1ccc2c(c1)OCO2. The van der Waals surface area contributed by atoms with Crippen LogP contribution in [0.4, 0.5) is 0 Å². The number of hydrogen-bond acceptors (Lipinski definition) is 6. The first-order chi connectivity index (χ1) is 10.3. The third-order valence-corrected chi connectivity index (χ3v) is 3.44. The van der Waals surface area contributed by atoms with E-state index in [2.05, 4.69) is 15.5 Å². The van der Waals surface area contributed by atoms with E-state index >= 15 is 0 Å². The summed E-state index contributed by atoms with van der Waals surface area (Å²) < 4.78 is 12.5. The molecule has 3 rings (SSSR count). The zero-order valence-electron chi connectivity index (χ0n) is 11.8. The molecule has 0 bridgehead atoms. The summed E-state index contributed by atoms with van der Waals surface area (Å²) in [6, 6.07) is 5.46. The quantitative estimate of drug-likeness (QED) is 0.821. The minimum atomic E-state index is -0.613. The Bertz CT molecular complexity index is 614. The molecular weight excluding hydrogens is 272 g/mol. The van der Waals surface area contributed by atoms with Crippen molar-refractivity contribution in [2.24, 2.45) is 0 Å². The molecule has 1 unspecified atom stereocenters. The predicted molar refractivity (Wildman–Crippen MR) is 74.9 cm³/mol. The average Bonchev–Trinajstić information content (AvgIpc) is 3.14. The van der Waals surface area contributed by atoms with Crippen LogP contribution in [-0.2, 0) is 13.1 Å². The van der Waals surface area contributed by atoms with Crippen molar-refractivity contribution in [3.05, 3.63) is 35.9 Å². The summed E-state index contributed by atoms with van der Waals surface area (Å²) in [5.74, 6) is 2.25. The van der Waals surface area contributed by atoms with Crippen LogP contribution in [0.5, 0.6) is 11.5 Å². The molecule has 2 aromatic rings. The maximum atomic E-state index is 10.2. The summed E-state index contributed by atoms with van der Waals surface area (Å²) in [6.45, 7) is 4.09. The number of nitrogens with zero attached hydrogens (tertiary/aromatic N) is 3. The Morgan fingerprint density at radius 1 is 1.38 bits per heavy atom. The second-order valence-corrected chi connectivity index (χ2v) is 4.79. The number of fused-ring (bicyclic) bond motifs is 1. The fourth-order valence-electron chi connectivity index (χ4n) is 2.24. The largest absolute Gasteiger partial charge is 0.454 e. The van der Waals surface area contributed by atoms with Crippen molar-refractivity contribution < 1.29 is 14.6 Å². The highest BCUT2D eigenvalue weighted by atomic mass is 16.7. The Balaban J connectivity index is 1.55. The lowest BCUT2D eigenvalue weighted by atomic mass is 10.1. The molecule has 21 heavy (non-hydrogen) atoms. The smallest absolute Gasteiger partial charge is 0.231 e. The molecule has 0 amide bonds. The van der Waals surface area contributed by atoms with Gasteiger partial charge < -0.3 is 24.5 Å². The first-order valence-electron chi connectivity index (χ1n) is 6.93. The van der Waals surface area contributed by atoms with Crippen LogP contribution in [0.3, 0.4) is 0 Å². The third kappa shape index (κ3) is 2.98. The van der Waals surface area contributed by atoms with Crippen molar-refractivity contribution in [3.8, 4) is 11.5 Å². The molecular formula is C14H18N4O3. The van der Waals surface area contributed by atoms with Gasteiger partial charge in [0, 0.05) is 13.1 Å². The molecule has 1 aromatic heterocycles. The van der Waals surface area contributed by atoms with Crippen molar-refractivity contribution in [1.29, 1.82) is 0 Å². The monoisotopic (exact) mass is 290 g/mol. The minimum absolute atomic E-state index is 0.236. The fraction of sp³-hybridized carbons (Fsp3) is 0.429. The zero-order valence-corrected chi connectivity index (χ0v) is 11.8. The van der Waals surface area contributed by atoms with Crippen molar-refractivity contribution >= 4 is 0 Å². The maximum Gasteiger partial charge on any atom is 0.231 e. The number of aliphatic hydroxyl groups is 1. The van der Waals surface area contributed by atoms with Gasteiger partial charge in [-0.2, -0.15) is 0 Å².